The first-order chi connectivity index (χ1) is 19.2. The van der Waals surface area contributed by atoms with Crippen molar-refractivity contribution in [1.29, 1.82) is 0 Å². The SMILES string of the molecule is CCCCCCCCCCCCCCOc1cccc(CN(C(=O)CC)c2cccc(CN3C=CSC3)c2)c1. The number of carbonyl (C=O) groups excluding carboxylic acids is 1. The molecule has 214 valence electrons. The summed E-state index contributed by atoms with van der Waals surface area (Å²) in [6.07, 6.45) is 18.8. The molecular weight excluding hydrogens is 500 g/mol. The molecule has 0 atom stereocenters. The summed E-state index contributed by atoms with van der Waals surface area (Å²) >= 11 is 1.81. The average Bonchev–Trinajstić information content (AvgIpc) is 3.47. The zero-order valence-corrected chi connectivity index (χ0v) is 25.2. The molecule has 0 unspecified atom stereocenters. The van der Waals surface area contributed by atoms with Gasteiger partial charge in [-0.1, -0.05) is 109 Å². The summed E-state index contributed by atoms with van der Waals surface area (Å²) in [6.45, 7) is 6.37. The number of hydrogen-bond donors (Lipinski definition) is 0. The van der Waals surface area contributed by atoms with Crippen LogP contribution < -0.4 is 9.64 Å². The molecule has 0 saturated carbocycles. The molecule has 0 bridgehead atoms. The minimum atomic E-state index is 0.131. The average molecular weight is 551 g/mol. The molecule has 0 radical (unpaired) electrons. The quantitative estimate of drug-likeness (QED) is 0.154. The van der Waals surface area contributed by atoms with E-state index in [0.29, 0.717) is 13.0 Å². The van der Waals surface area contributed by atoms with Gasteiger partial charge in [0.2, 0.25) is 5.91 Å². The lowest BCUT2D eigenvalue weighted by molar-refractivity contribution is -0.118. The highest BCUT2D eigenvalue weighted by atomic mass is 32.2. The van der Waals surface area contributed by atoms with Crippen LogP contribution in [-0.2, 0) is 17.9 Å². The highest BCUT2D eigenvalue weighted by Crippen LogP contribution is 2.24. The van der Waals surface area contributed by atoms with Gasteiger partial charge in [-0.05, 0) is 47.2 Å². The highest BCUT2D eigenvalue weighted by Gasteiger charge is 2.16. The summed E-state index contributed by atoms with van der Waals surface area (Å²) in [7, 11) is 0. The van der Waals surface area contributed by atoms with Crippen molar-refractivity contribution in [3.05, 3.63) is 71.3 Å². The van der Waals surface area contributed by atoms with Gasteiger partial charge in [-0.15, -0.1) is 11.8 Å². The van der Waals surface area contributed by atoms with Gasteiger partial charge >= 0.3 is 0 Å². The number of ether oxygens (including phenoxy) is 1. The second-order valence-electron chi connectivity index (χ2n) is 10.7. The van der Waals surface area contributed by atoms with Crippen LogP contribution in [0.3, 0.4) is 0 Å². The number of hydrogen-bond acceptors (Lipinski definition) is 4. The van der Waals surface area contributed by atoms with Crippen molar-refractivity contribution in [2.45, 2.75) is 110 Å². The molecule has 0 aliphatic carbocycles. The van der Waals surface area contributed by atoms with Crippen LogP contribution in [0.5, 0.6) is 5.75 Å². The van der Waals surface area contributed by atoms with Gasteiger partial charge in [0.1, 0.15) is 5.75 Å². The molecule has 39 heavy (non-hydrogen) atoms. The maximum absolute atomic E-state index is 12.9. The van der Waals surface area contributed by atoms with Crippen LogP contribution in [0.1, 0.15) is 108 Å². The van der Waals surface area contributed by atoms with Gasteiger partial charge in [0.25, 0.3) is 0 Å². The summed E-state index contributed by atoms with van der Waals surface area (Å²) in [6, 6.07) is 16.6. The Morgan fingerprint density at radius 3 is 2.18 bits per heavy atom. The van der Waals surface area contributed by atoms with E-state index in [-0.39, 0.29) is 5.91 Å². The van der Waals surface area contributed by atoms with Crippen molar-refractivity contribution in [1.82, 2.24) is 4.90 Å². The minimum absolute atomic E-state index is 0.131. The molecule has 1 aliphatic rings. The zero-order valence-electron chi connectivity index (χ0n) is 24.4. The third kappa shape index (κ3) is 12.1. The third-order valence-corrected chi connectivity index (χ3v) is 8.12. The van der Waals surface area contributed by atoms with E-state index in [1.54, 1.807) is 0 Å². The predicted molar refractivity (Wildman–Crippen MR) is 168 cm³/mol. The molecule has 1 amide bonds. The van der Waals surface area contributed by atoms with E-state index in [1.807, 2.05) is 41.8 Å². The number of carbonyl (C=O) groups is 1. The lowest BCUT2D eigenvalue weighted by Gasteiger charge is -2.24. The van der Waals surface area contributed by atoms with E-state index in [0.717, 1.165) is 42.4 Å². The van der Waals surface area contributed by atoms with Crippen LogP contribution in [0.2, 0.25) is 0 Å². The Morgan fingerprint density at radius 1 is 0.846 bits per heavy atom. The Morgan fingerprint density at radius 2 is 1.51 bits per heavy atom. The first-order valence-corrected chi connectivity index (χ1v) is 16.4. The van der Waals surface area contributed by atoms with Crippen molar-refractivity contribution >= 4 is 23.4 Å². The minimum Gasteiger partial charge on any atom is -0.494 e. The fourth-order valence-corrected chi connectivity index (χ4v) is 5.74. The second kappa shape index (κ2) is 18.8. The Balaban J connectivity index is 1.40. The maximum atomic E-state index is 12.9. The molecule has 0 N–H and O–H groups in total. The normalized spacial score (nSPS) is 12.7. The molecule has 0 saturated heterocycles. The molecule has 2 aromatic rings. The van der Waals surface area contributed by atoms with E-state index >= 15 is 0 Å². The second-order valence-corrected chi connectivity index (χ2v) is 11.6. The lowest BCUT2D eigenvalue weighted by Crippen LogP contribution is -2.29. The Hall–Kier alpha value is -2.40. The van der Waals surface area contributed by atoms with E-state index in [4.69, 9.17) is 4.74 Å². The topological polar surface area (TPSA) is 32.8 Å². The number of nitrogens with zero attached hydrogens (tertiary/aromatic N) is 2. The van der Waals surface area contributed by atoms with Crippen LogP contribution in [-0.4, -0.2) is 23.3 Å². The molecule has 2 aromatic carbocycles. The van der Waals surface area contributed by atoms with Crippen LogP contribution in [0.25, 0.3) is 0 Å². The Labute approximate surface area is 242 Å². The zero-order chi connectivity index (χ0) is 27.5. The number of unbranched alkanes of at least 4 members (excludes halogenated alkanes) is 11. The molecule has 0 spiro atoms. The molecular formula is C34H50N2O2S. The van der Waals surface area contributed by atoms with Crippen molar-refractivity contribution in [3.63, 3.8) is 0 Å². The first-order valence-electron chi connectivity index (χ1n) is 15.3. The number of anilines is 1. The highest BCUT2D eigenvalue weighted by molar-refractivity contribution is 8.02. The van der Waals surface area contributed by atoms with Gasteiger partial charge in [0.15, 0.2) is 0 Å². The fraction of sp³-hybridized carbons (Fsp3) is 0.559. The van der Waals surface area contributed by atoms with Gasteiger partial charge in [0.05, 0.1) is 19.0 Å². The molecule has 0 fully saturated rings. The van der Waals surface area contributed by atoms with Crippen LogP contribution in [0, 0.1) is 0 Å². The van der Waals surface area contributed by atoms with E-state index in [1.165, 1.54) is 76.2 Å². The van der Waals surface area contributed by atoms with Gasteiger partial charge in [-0.2, -0.15) is 0 Å². The first kappa shape index (κ1) is 31.1. The molecule has 5 heteroatoms. The lowest BCUT2D eigenvalue weighted by atomic mass is 10.1. The summed E-state index contributed by atoms with van der Waals surface area (Å²) in [5.74, 6) is 2.01. The van der Waals surface area contributed by atoms with Crippen molar-refractivity contribution in [2.24, 2.45) is 0 Å². The summed E-state index contributed by atoms with van der Waals surface area (Å²) in [4.78, 5) is 17.1. The van der Waals surface area contributed by atoms with Crippen LogP contribution in [0.15, 0.2) is 60.1 Å². The van der Waals surface area contributed by atoms with Crippen molar-refractivity contribution < 1.29 is 9.53 Å². The van der Waals surface area contributed by atoms with Crippen LogP contribution >= 0.6 is 11.8 Å². The fourth-order valence-electron chi connectivity index (χ4n) is 5.03. The monoisotopic (exact) mass is 550 g/mol. The van der Waals surface area contributed by atoms with E-state index in [9.17, 15) is 4.79 Å². The molecule has 1 heterocycles. The predicted octanol–water partition coefficient (Wildman–Crippen LogP) is 9.69. The van der Waals surface area contributed by atoms with Crippen molar-refractivity contribution in [3.8, 4) is 5.75 Å². The summed E-state index contributed by atoms with van der Waals surface area (Å²) in [5, 5.41) is 2.13. The summed E-state index contributed by atoms with van der Waals surface area (Å²) in [5.41, 5.74) is 3.26. The van der Waals surface area contributed by atoms with Gasteiger partial charge in [0, 0.05) is 24.9 Å². The number of rotatable bonds is 20. The standard InChI is InChI=1S/C34H50N2O2S/c1-3-5-6-7-8-9-10-11-12-13-14-15-23-38-33-21-17-19-31(26-33)28-36(34(37)4-2)32-20-16-18-30(25-32)27-35-22-24-39-29-35/h16-22,24-26H,3-15,23,27-29H2,1-2H3. The molecule has 4 nitrogen and oxygen atoms in total. The Kier molecular flexibility index (Phi) is 15.0. The van der Waals surface area contributed by atoms with Gasteiger partial charge < -0.3 is 14.5 Å². The summed E-state index contributed by atoms with van der Waals surface area (Å²) < 4.78 is 6.09. The molecule has 1 aliphatic heterocycles. The Bertz CT molecular complexity index is 993. The largest absolute Gasteiger partial charge is 0.494 e. The van der Waals surface area contributed by atoms with Gasteiger partial charge in [-0.25, -0.2) is 0 Å². The van der Waals surface area contributed by atoms with E-state index < -0.39 is 0 Å². The number of thioether (sulfide) groups is 1. The smallest absolute Gasteiger partial charge is 0.227 e. The van der Waals surface area contributed by atoms with Crippen molar-refractivity contribution in [2.75, 3.05) is 17.4 Å². The molecule has 3 rings (SSSR count). The molecule has 0 aromatic heterocycles. The van der Waals surface area contributed by atoms with Gasteiger partial charge in [-0.3, -0.25) is 4.79 Å². The number of amides is 1. The maximum Gasteiger partial charge on any atom is 0.227 e. The third-order valence-electron chi connectivity index (χ3n) is 7.33. The van der Waals surface area contributed by atoms with E-state index in [2.05, 4.69) is 53.8 Å². The number of benzene rings is 2. The van der Waals surface area contributed by atoms with Crippen LogP contribution in [0.4, 0.5) is 5.69 Å².